The summed E-state index contributed by atoms with van der Waals surface area (Å²) < 4.78 is 0. The monoisotopic (exact) mass is 507 g/mol. The van der Waals surface area contributed by atoms with Gasteiger partial charge in [0.25, 0.3) is 0 Å². The molecule has 1 aliphatic rings. The van der Waals surface area contributed by atoms with Crippen molar-refractivity contribution in [2.24, 2.45) is 0 Å². The van der Waals surface area contributed by atoms with Crippen molar-refractivity contribution in [2.45, 2.75) is 18.9 Å². The largest absolute Gasteiger partial charge is 3.00 e. The molecule has 0 heterocycles. The zero-order valence-electron chi connectivity index (χ0n) is 18.3. The fourth-order valence-electron chi connectivity index (χ4n) is 3.63. The van der Waals surface area contributed by atoms with Gasteiger partial charge in [0, 0.05) is 5.92 Å². The van der Waals surface area contributed by atoms with Gasteiger partial charge in [-0.2, -0.15) is 0 Å². The SMILES string of the molecule is CC1=CC(c2[c-]c3ccccc3cc2)C=C1.OC(c1ccccc1)c1ccccc1.[Cl-].[Cl-].[Ti+3]. The zero-order chi connectivity index (χ0) is 20.8. The van der Waals surface area contributed by atoms with Crippen LogP contribution in [0.15, 0.2) is 121 Å². The van der Waals surface area contributed by atoms with E-state index in [2.05, 4.69) is 67.6 Å². The van der Waals surface area contributed by atoms with Gasteiger partial charge in [-0.05, 0) is 18.1 Å². The third-order valence-corrected chi connectivity index (χ3v) is 5.28. The Morgan fingerprint density at radius 3 is 1.82 bits per heavy atom. The second kappa shape index (κ2) is 14.2. The normalized spacial score (nSPS) is 13.7. The van der Waals surface area contributed by atoms with Crippen molar-refractivity contribution in [3.8, 4) is 0 Å². The first-order valence-electron chi connectivity index (χ1n) is 10.3. The molecule has 1 radical (unpaired) electrons. The maximum absolute atomic E-state index is 9.99. The molecule has 1 unspecified atom stereocenters. The third-order valence-electron chi connectivity index (χ3n) is 5.28. The zero-order valence-corrected chi connectivity index (χ0v) is 21.4. The van der Waals surface area contributed by atoms with Gasteiger partial charge in [0.1, 0.15) is 6.10 Å². The maximum Gasteiger partial charge on any atom is 3.00 e. The quantitative estimate of drug-likeness (QED) is 0.324. The molecule has 0 aromatic heterocycles. The average Bonchev–Trinajstić information content (AvgIpc) is 3.26. The fourth-order valence-corrected chi connectivity index (χ4v) is 3.63. The van der Waals surface area contributed by atoms with Gasteiger partial charge in [-0.1, -0.05) is 96.6 Å². The smallest absolute Gasteiger partial charge is 1.00 e. The van der Waals surface area contributed by atoms with E-state index in [0.29, 0.717) is 5.92 Å². The average molecular weight is 508 g/mol. The maximum atomic E-state index is 9.99. The van der Waals surface area contributed by atoms with Gasteiger partial charge in [-0.15, -0.1) is 46.7 Å². The van der Waals surface area contributed by atoms with Crippen LogP contribution in [0, 0.1) is 6.07 Å². The topological polar surface area (TPSA) is 20.2 Å². The summed E-state index contributed by atoms with van der Waals surface area (Å²) in [7, 11) is 0. The minimum atomic E-state index is -0.516. The van der Waals surface area contributed by atoms with Gasteiger partial charge in [-0.25, -0.2) is 0 Å². The molecule has 4 aromatic carbocycles. The van der Waals surface area contributed by atoms with Crippen LogP contribution in [0.4, 0.5) is 0 Å². The minimum Gasteiger partial charge on any atom is -1.00 e. The van der Waals surface area contributed by atoms with E-state index in [-0.39, 0.29) is 46.5 Å². The van der Waals surface area contributed by atoms with Crippen molar-refractivity contribution in [2.75, 3.05) is 0 Å². The molecule has 5 rings (SSSR count). The molecule has 0 saturated heterocycles. The van der Waals surface area contributed by atoms with E-state index in [9.17, 15) is 5.11 Å². The van der Waals surface area contributed by atoms with Crippen LogP contribution >= 0.6 is 0 Å². The number of benzene rings is 4. The van der Waals surface area contributed by atoms with Crippen LogP contribution in [-0.2, 0) is 21.7 Å². The molecule has 33 heavy (non-hydrogen) atoms. The number of rotatable bonds is 3. The standard InChI is InChI=1S/C16H13.C13H12O.2ClH.Ti/c1-12-6-7-15(10-12)16-9-8-13-4-2-3-5-14(13)11-16;14-13(11-7-3-1-4-8-11)12-9-5-2-6-10-12;;;/h2-10,15H,1H3;1-10,13-14H;2*1H;/q-1;;;;+3/p-2. The van der Waals surface area contributed by atoms with Gasteiger partial charge < -0.3 is 29.9 Å². The van der Waals surface area contributed by atoms with E-state index >= 15 is 0 Å². The molecule has 1 aliphatic carbocycles. The van der Waals surface area contributed by atoms with Crippen LogP contribution in [0.3, 0.4) is 0 Å². The van der Waals surface area contributed by atoms with Gasteiger partial charge in [0.05, 0.1) is 0 Å². The number of hydrogen-bond donors (Lipinski definition) is 1. The van der Waals surface area contributed by atoms with Gasteiger partial charge >= 0.3 is 21.7 Å². The summed E-state index contributed by atoms with van der Waals surface area (Å²) in [6.07, 6.45) is 6.17. The van der Waals surface area contributed by atoms with E-state index in [1.807, 2.05) is 60.7 Å². The number of aliphatic hydroxyl groups excluding tert-OH is 1. The summed E-state index contributed by atoms with van der Waals surface area (Å²) in [5.41, 5.74) is 4.45. The molecule has 1 atom stereocenters. The fraction of sp³-hybridized carbons (Fsp3) is 0.103. The van der Waals surface area contributed by atoms with Gasteiger partial charge in [0.15, 0.2) is 0 Å². The van der Waals surface area contributed by atoms with Crippen molar-refractivity contribution < 1.29 is 51.6 Å². The van der Waals surface area contributed by atoms with Gasteiger partial charge in [0.2, 0.25) is 0 Å². The molecule has 4 aromatic rings. The Kier molecular flexibility index (Phi) is 12.4. The van der Waals surface area contributed by atoms with E-state index in [4.69, 9.17) is 0 Å². The van der Waals surface area contributed by atoms with Crippen LogP contribution in [0.5, 0.6) is 0 Å². The van der Waals surface area contributed by atoms with E-state index < -0.39 is 6.10 Å². The molecule has 1 N–H and O–H groups in total. The Morgan fingerprint density at radius 2 is 1.27 bits per heavy atom. The summed E-state index contributed by atoms with van der Waals surface area (Å²) in [5.74, 6) is 0.407. The summed E-state index contributed by atoms with van der Waals surface area (Å²) in [4.78, 5) is 0. The first kappa shape index (κ1) is 28.9. The molecule has 0 aliphatic heterocycles. The molecule has 0 spiro atoms. The molecule has 0 saturated carbocycles. The summed E-state index contributed by atoms with van der Waals surface area (Å²) in [6, 6.07) is 35.5. The molecule has 4 heteroatoms. The molecular weight excluding hydrogens is 483 g/mol. The summed E-state index contributed by atoms with van der Waals surface area (Å²) in [6.45, 7) is 2.14. The molecule has 165 valence electrons. The van der Waals surface area contributed by atoms with Crippen LogP contribution in [0.2, 0.25) is 0 Å². The van der Waals surface area contributed by atoms with Crippen molar-refractivity contribution in [1.29, 1.82) is 0 Å². The summed E-state index contributed by atoms with van der Waals surface area (Å²) in [5, 5.41) is 12.5. The Hall–Kier alpha value is -2.13. The Morgan fingerprint density at radius 1 is 0.727 bits per heavy atom. The Labute approximate surface area is 224 Å². The Balaban J connectivity index is 0.000000305. The van der Waals surface area contributed by atoms with Crippen LogP contribution < -0.4 is 24.8 Å². The van der Waals surface area contributed by atoms with Crippen molar-refractivity contribution in [1.82, 2.24) is 0 Å². The predicted molar refractivity (Wildman–Crippen MR) is 125 cm³/mol. The third kappa shape index (κ3) is 7.71. The first-order valence-corrected chi connectivity index (χ1v) is 10.3. The van der Waals surface area contributed by atoms with E-state index in [0.717, 1.165) is 11.1 Å². The van der Waals surface area contributed by atoms with Gasteiger partial charge in [-0.3, -0.25) is 0 Å². The number of aliphatic hydroxyl groups is 1. The molecule has 0 fully saturated rings. The van der Waals surface area contributed by atoms with Crippen LogP contribution in [-0.4, -0.2) is 5.11 Å². The Bertz CT molecular complexity index is 1130. The molecule has 1 nitrogen and oxygen atoms in total. The number of fused-ring (bicyclic) bond motifs is 1. The summed E-state index contributed by atoms with van der Waals surface area (Å²) >= 11 is 0. The number of hydrogen-bond acceptors (Lipinski definition) is 1. The van der Waals surface area contributed by atoms with Crippen LogP contribution in [0.25, 0.3) is 10.8 Å². The molecule has 0 bridgehead atoms. The second-order valence-electron chi connectivity index (χ2n) is 7.52. The second-order valence-corrected chi connectivity index (χ2v) is 7.52. The van der Waals surface area contributed by atoms with Crippen molar-refractivity contribution >= 4 is 10.8 Å². The number of allylic oxidation sites excluding steroid dienone is 4. The predicted octanol–water partition coefficient (Wildman–Crippen LogP) is 1.01. The van der Waals surface area contributed by atoms with Crippen molar-refractivity contribution in [3.63, 3.8) is 0 Å². The molecular formula is C29H25Cl2OTi. The van der Waals surface area contributed by atoms with E-state index in [1.54, 1.807) is 0 Å². The number of halogens is 2. The van der Waals surface area contributed by atoms with Crippen LogP contribution in [0.1, 0.15) is 35.6 Å². The minimum absolute atomic E-state index is 0. The van der Waals surface area contributed by atoms with E-state index in [1.165, 1.54) is 21.9 Å². The molecule has 0 amide bonds. The first-order chi connectivity index (χ1) is 14.7. The van der Waals surface area contributed by atoms with Crippen molar-refractivity contribution in [3.05, 3.63) is 144 Å².